The van der Waals surface area contributed by atoms with E-state index >= 15 is 0 Å². The average molecular weight is 280 g/mol. The molecule has 0 unspecified atom stereocenters. The molecule has 0 saturated heterocycles. The summed E-state index contributed by atoms with van der Waals surface area (Å²) in [5.41, 5.74) is 1.50. The minimum Gasteiger partial charge on any atom is -0.348 e. The van der Waals surface area contributed by atoms with Crippen molar-refractivity contribution in [3.63, 3.8) is 0 Å². The fourth-order valence-corrected chi connectivity index (χ4v) is 2.16. The molecule has 4 heteroatoms. The number of hydrogen-bond donors (Lipinski definition) is 1. The van der Waals surface area contributed by atoms with E-state index in [1.54, 1.807) is 30.3 Å². The second-order valence-electron chi connectivity index (χ2n) is 3.83. The molecule has 0 aromatic heterocycles. The molecule has 1 N–H and O–H groups in total. The van der Waals surface area contributed by atoms with E-state index in [4.69, 9.17) is 23.2 Å². The highest BCUT2D eigenvalue weighted by molar-refractivity contribution is 6.34. The van der Waals surface area contributed by atoms with Crippen LogP contribution in [-0.2, 0) is 6.54 Å². The molecule has 2 aromatic rings. The minimum absolute atomic E-state index is 0.119. The van der Waals surface area contributed by atoms with Crippen LogP contribution in [0.2, 0.25) is 10.0 Å². The van der Waals surface area contributed by atoms with Crippen molar-refractivity contribution in [3.8, 4) is 0 Å². The van der Waals surface area contributed by atoms with Crippen LogP contribution in [0.3, 0.4) is 0 Å². The molecule has 2 aromatic carbocycles. The van der Waals surface area contributed by atoms with Crippen molar-refractivity contribution < 1.29 is 4.79 Å². The molecule has 1 amide bonds. The van der Waals surface area contributed by atoms with E-state index < -0.39 is 0 Å². The SMILES string of the molecule is O=C(NCc1cc(Cl)cc(Cl)c1)c1ccccc1. The molecule has 2 rings (SSSR count). The van der Waals surface area contributed by atoms with Gasteiger partial charge in [-0.3, -0.25) is 4.79 Å². The highest BCUT2D eigenvalue weighted by Gasteiger charge is 2.04. The summed E-state index contributed by atoms with van der Waals surface area (Å²) in [7, 11) is 0. The van der Waals surface area contributed by atoms with E-state index in [9.17, 15) is 4.79 Å². The van der Waals surface area contributed by atoms with Gasteiger partial charge in [0, 0.05) is 22.2 Å². The lowest BCUT2D eigenvalue weighted by atomic mass is 10.2. The van der Waals surface area contributed by atoms with Crippen molar-refractivity contribution in [1.29, 1.82) is 0 Å². The van der Waals surface area contributed by atoms with E-state index in [2.05, 4.69) is 5.32 Å². The maximum absolute atomic E-state index is 11.8. The second-order valence-corrected chi connectivity index (χ2v) is 4.70. The Morgan fingerprint density at radius 1 is 1.00 bits per heavy atom. The molecule has 0 aliphatic heterocycles. The quantitative estimate of drug-likeness (QED) is 0.907. The Kier molecular flexibility index (Phi) is 4.24. The van der Waals surface area contributed by atoms with Crippen molar-refractivity contribution >= 4 is 29.1 Å². The van der Waals surface area contributed by atoms with Gasteiger partial charge in [-0.15, -0.1) is 0 Å². The standard InChI is InChI=1S/C14H11Cl2NO/c15-12-6-10(7-13(16)8-12)9-17-14(18)11-4-2-1-3-5-11/h1-8H,9H2,(H,17,18). The Labute approximate surface area is 116 Å². The maximum atomic E-state index is 11.8. The maximum Gasteiger partial charge on any atom is 0.251 e. The van der Waals surface area contributed by atoms with Crippen LogP contribution >= 0.6 is 23.2 Å². The van der Waals surface area contributed by atoms with Gasteiger partial charge in [-0.1, -0.05) is 41.4 Å². The van der Waals surface area contributed by atoms with Crippen LogP contribution in [0.15, 0.2) is 48.5 Å². The van der Waals surface area contributed by atoms with E-state index in [1.165, 1.54) is 0 Å². The number of nitrogens with one attached hydrogen (secondary N) is 1. The van der Waals surface area contributed by atoms with Gasteiger partial charge in [0.25, 0.3) is 5.91 Å². The fourth-order valence-electron chi connectivity index (χ4n) is 1.59. The van der Waals surface area contributed by atoms with Crippen LogP contribution < -0.4 is 5.32 Å². The van der Waals surface area contributed by atoms with Crippen LogP contribution in [0.5, 0.6) is 0 Å². The van der Waals surface area contributed by atoms with Gasteiger partial charge >= 0.3 is 0 Å². The first-order valence-electron chi connectivity index (χ1n) is 5.43. The molecule has 0 heterocycles. The molecule has 18 heavy (non-hydrogen) atoms. The largest absolute Gasteiger partial charge is 0.348 e. The molecule has 0 aliphatic rings. The van der Waals surface area contributed by atoms with Crippen molar-refractivity contribution in [3.05, 3.63) is 69.7 Å². The van der Waals surface area contributed by atoms with Crippen LogP contribution in [0.1, 0.15) is 15.9 Å². The monoisotopic (exact) mass is 279 g/mol. The second kappa shape index (κ2) is 5.89. The Balaban J connectivity index is 2.02. The van der Waals surface area contributed by atoms with E-state index in [-0.39, 0.29) is 5.91 Å². The summed E-state index contributed by atoms with van der Waals surface area (Å²) in [6, 6.07) is 14.3. The van der Waals surface area contributed by atoms with Gasteiger partial charge in [0.05, 0.1) is 0 Å². The fraction of sp³-hybridized carbons (Fsp3) is 0.0714. The van der Waals surface area contributed by atoms with Gasteiger partial charge < -0.3 is 5.32 Å². The summed E-state index contributed by atoms with van der Waals surface area (Å²) < 4.78 is 0. The van der Waals surface area contributed by atoms with Gasteiger partial charge in [-0.2, -0.15) is 0 Å². The summed E-state index contributed by atoms with van der Waals surface area (Å²) in [4.78, 5) is 11.8. The number of rotatable bonds is 3. The molecule has 0 saturated carbocycles. The van der Waals surface area contributed by atoms with E-state index in [0.29, 0.717) is 22.2 Å². The summed E-state index contributed by atoms with van der Waals surface area (Å²) in [6.45, 7) is 0.397. The lowest BCUT2D eigenvalue weighted by Crippen LogP contribution is -2.22. The molecule has 0 radical (unpaired) electrons. The number of benzene rings is 2. The molecule has 0 fully saturated rings. The highest BCUT2D eigenvalue weighted by Crippen LogP contribution is 2.18. The van der Waals surface area contributed by atoms with Crippen LogP contribution in [0, 0.1) is 0 Å². The van der Waals surface area contributed by atoms with Crippen molar-refractivity contribution in [2.24, 2.45) is 0 Å². The first kappa shape index (κ1) is 12.9. The van der Waals surface area contributed by atoms with Crippen LogP contribution in [0.25, 0.3) is 0 Å². The zero-order valence-electron chi connectivity index (χ0n) is 9.49. The summed E-state index contributed by atoms with van der Waals surface area (Å²) in [6.07, 6.45) is 0. The third-order valence-electron chi connectivity index (χ3n) is 2.41. The normalized spacial score (nSPS) is 10.1. The Bertz CT molecular complexity index is 535. The van der Waals surface area contributed by atoms with Crippen molar-refractivity contribution in [2.75, 3.05) is 0 Å². The summed E-state index contributed by atoms with van der Waals surface area (Å²) >= 11 is 11.8. The van der Waals surface area contributed by atoms with E-state index in [1.807, 2.05) is 18.2 Å². The van der Waals surface area contributed by atoms with Crippen molar-refractivity contribution in [2.45, 2.75) is 6.54 Å². The molecule has 0 aliphatic carbocycles. The summed E-state index contributed by atoms with van der Waals surface area (Å²) in [5, 5.41) is 3.94. The van der Waals surface area contributed by atoms with Crippen LogP contribution in [-0.4, -0.2) is 5.91 Å². The third-order valence-corrected chi connectivity index (χ3v) is 2.85. The lowest BCUT2D eigenvalue weighted by Gasteiger charge is -2.06. The molecule has 0 atom stereocenters. The highest BCUT2D eigenvalue weighted by atomic mass is 35.5. The van der Waals surface area contributed by atoms with Gasteiger partial charge in [0.15, 0.2) is 0 Å². The van der Waals surface area contributed by atoms with Crippen LogP contribution in [0.4, 0.5) is 0 Å². The molecule has 2 nitrogen and oxygen atoms in total. The number of amides is 1. The number of halogens is 2. The predicted molar refractivity (Wildman–Crippen MR) is 74.1 cm³/mol. The number of hydrogen-bond acceptors (Lipinski definition) is 1. The van der Waals surface area contributed by atoms with Gasteiger partial charge in [-0.05, 0) is 35.9 Å². The van der Waals surface area contributed by atoms with Gasteiger partial charge in [-0.25, -0.2) is 0 Å². The minimum atomic E-state index is -0.119. The third kappa shape index (κ3) is 3.49. The topological polar surface area (TPSA) is 29.1 Å². The Morgan fingerprint density at radius 3 is 2.22 bits per heavy atom. The smallest absolute Gasteiger partial charge is 0.251 e. The predicted octanol–water partition coefficient (Wildman–Crippen LogP) is 3.92. The molecular weight excluding hydrogens is 269 g/mol. The van der Waals surface area contributed by atoms with Gasteiger partial charge in [0.2, 0.25) is 0 Å². The first-order valence-corrected chi connectivity index (χ1v) is 6.19. The van der Waals surface area contributed by atoms with Gasteiger partial charge in [0.1, 0.15) is 0 Å². The van der Waals surface area contributed by atoms with Crippen molar-refractivity contribution in [1.82, 2.24) is 5.32 Å². The molecule has 0 bridgehead atoms. The number of carbonyl (C=O) groups excluding carboxylic acids is 1. The molecule has 92 valence electrons. The Hall–Kier alpha value is -1.51. The zero-order valence-corrected chi connectivity index (χ0v) is 11.0. The zero-order chi connectivity index (χ0) is 13.0. The number of carbonyl (C=O) groups is 1. The summed E-state index contributed by atoms with van der Waals surface area (Å²) in [5.74, 6) is -0.119. The Morgan fingerprint density at radius 2 is 1.61 bits per heavy atom. The lowest BCUT2D eigenvalue weighted by molar-refractivity contribution is 0.0951. The molecular formula is C14H11Cl2NO. The molecule has 0 spiro atoms. The average Bonchev–Trinajstić information content (AvgIpc) is 2.36. The van der Waals surface area contributed by atoms with E-state index in [0.717, 1.165) is 5.56 Å². The first-order chi connectivity index (χ1) is 8.65.